The number of nitrogens with zero attached hydrogens (tertiary/aromatic N) is 1. The third kappa shape index (κ3) is 2.54. The molecule has 2 rings (SSSR count). The number of hydrogen-bond donors (Lipinski definition) is 1. The summed E-state index contributed by atoms with van der Waals surface area (Å²) in [6, 6.07) is 1.40. The van der Waals surface area contributed by atoms with Crippen molar-refractivity contribution in [2.24, 2.45) is 5.73 Å². The number of sulfonamides is 1. The van der Waals surface area contributed by atoms with Gasteiger partial charge in [-0.05, 0) is 34.8 Å². The maximum Gasteiger partial charge on any atom is 0.252 e. The van der Waals surface area contributed by atoms with Crippen LogP contribution in [0.3, 0.4) is 0 Å². The van der Waals surface area contributed by atoms with Crippen LogP contribution in [0, 0.1) is 0 Å². The molecule has 1 aliphatic heterocycles. The van der Waals surface area contributed by atoms with Gasteiger partial charge in [-0.2, -0.15) is 4.31 Å². The van der Waals surface area contributed by atoms with Crippen LogP contribution in [0.2, 0.25) is 5.02 Å². The monoisotopic (exact) mass is 358 g/mol. The van der Waals surface area contributed by atoms with Crippen molar-refractivity contribution in [3.8, 4) is 0 Å². The SMILES string of the molecule is NCC1CCCN1S(=O)(=O)c1cc(Cl)c(Br)s1. The van der Waals surface area contributed by atoms with Gasteiger partial charge in [0, 0.05) is 19.1 Å². The Morgan fingerprint density at radius 2 is 2.35 bits per heavy atom. The van der Waals surface area contributed by atoms with Crippen molar-refractivity contribution in [1.82, 2.24) is 4.31 Å². The Kier molecular flexibility index (Phi) is 4.16. The van der Waals surface area contributed by atoms with E-state index in [0.717, 1.165) is 24.2 Å². The van der Waals surface area contributed by atoms with E-state index in [1.807, 2.05) is 0 Å². The van der Waals surface area contributed by atoms with Crippen molar-refractivity contribution in [3.05, 3.63) is 14.9 Å². The first kappa shape index (κ1) is 13.8. The van der Waals surface area contributed by atoms with E-state index < -0.39 is 10.0 Å². The third-order valence-corrected chi connectivity index (χ3v) is 7.66. The summed E-state index contributed by atoms with van der Waals surface area (Å²) in [5, 5.41) is 0.428. The molecule has 0 spiro atoms. The Morgan fingerprint density at radius 3 is 2.88 bits per heavy atom. The fraction of sp³-hybridized carbons (Fsp3) is 0.556. The minimum absolute atomic E-state index is 0.0837. The predicted octanol–water partition coefficient (Wildman–Crippen LogP) is 2.28. The summed E-state index contributed by atoms with van der Waals surface area (Å²) in [5.74, 6) is 0. The molecule has 0 aromatic carbocycles. The van der Waals surface area contributed by atoms with Gasteiger partial charge >= 0.3 is 0 Å². The predicted molar refractivity (Wildman–Crippen MR) is 73.0 cm³/mol. The van der Waals surface area contributed by atoms with Gasteiger partial charge in [-0.15, -0.1) is 11.3 Å². The normalized spacial score (nSPS) is 22.2. The molecule has 1 saturated heterocycles. The van der Waals surface area contributed by atoms with Crippen molar-refractivity contribution >= 4 is 48.9 Å². The number of thiophene rings is 1. The van der Waals surface area contributed by atoms with Crippen molar-refractivity contribution < 1.29 is 8.42 Å². The maximum atomic E-state index is 12.4. The zero-order valence-corrected chi connectivity index (χ0v) is 12.9. The van der Waals surface area contributed by atoms with E-state index >= 15 is 0 Å². The van der Waals surface area contributed by atoms with Crippen molar-refractivity contribution in [2.45, 2.75) is 23.1 Å². The highest BCUT2D eigenvalue weighted by Crippen LogP contribution is 2.37. The first-order chi connectivity index (χ1) is 7.96. The molecule has 1 atom stereocenters. The summed E-state index contributed by atoms with van der Waals surface area (Å²) in [4.78, 5) is 0. The standard InChI is InChI=1S/C9H12BrClN2O2S2/c10-9-7(11)4-8(16-9)17(14,15)13-3-1-2-6(13)5-12/h4,6H,1-3,5,12H2. The van der Waals surface area contributed by atoms with Crippen LogP contribution in [0.25, 0.3) is 0 Å². The quantitative estimate of drug-likeness (QED) is 0.900. The van der Waals surface area contributed by atoms with Gasteiger partial charge in [-0.1, -0.05) is 11.6 Å². The number of hydrogen-bond acceptors (Lipinski definition) is 4. The second-order valence-electron chi connectivity index (χ2n) is 3.83. The first-order valence-corrected chi connectivity index (χ1v) is 8.56. The second-order valence-corrected chi connectivity index (χ2v) is 8.73. The highest BCUT2D eigenvalue weighted by Gasteiger charge is 2.35. The molecule has 0 radical (unpaired) electrons. The molecule has 0 amide bonds. The fourth-order valence-electron chi connectivity index (χ4n) is 1.93. The lowest BCUT2D eigenvalue weighted by Gasteiger charge is -2.21. The fourth-order valence-corrected chi connectivity index (χ4v) is 6.16. The van der Waals surface area contributed by atoms with E-state index in [1.54, 1.807) is 0 Å². The van der Waals surface area contributed by atoms with Crippen LogP contribution in [-0.4, -0.2) is 31.9 Å². The summed E-state index contributed by atoms with van der Waals surface area (Å²) in [7, 11) is -3.44. The van der Waals surface area contributed by atoms with E-state index in [1.165, 1.54) is 10.4 Å². The van der Waals surface area contributed by atoms with Gasteiger partial charge in [0.1, 0.15) is 4.21 Å². The molecular formula is C9H12BrClN2O2S2. The molecular weight excluding hydrogens is 348 g/mol. The van der Waals surface area contributed by atoms with Gasteiger partial charge in [0.25, 0.3) is 10.0 Å². The average Bonchev–Trinajstić information content (AvgIpc) is 2.86. The minimum Gasteiger partial charge on any atom is -0.329 e. The van der Waals surface area contributed by atoms with Crippen molar-refractivity contribution in [1.29, 1.82) is 0 Å². The smallest absolute Gasteiger partial charge is 0.252 e. The largest absolute Gasteiger partial charge is 0.329 e. The highest BCUT2D eigenvalue weighted by molar-refractivity contribution is 9.11. The van der Waals surface area contributed by atoms with Crippen LogP contribution < -0.4 is 5.73 Å². The number of rotatable bonds is 3. The molecule has 96 valence electrons. The number of halogens is 2. The van der Waals surface area contributed by atoms with Gasteiger partial charge in [-0.25, -0.2) is 8.42 Å². The topological polar surface area (TPSA) is 63.4 Å². The van der Waals surface area contributed by atoms with Crippen LogP contribution in [0.4, 0.5) is 0 Å². The maximum absolute atomic E-state index is 12.4. The Bertz CT molecular complexity index is 498. The van der Waals surface area contributed by atoms with E-state index in [9.17, 15) is 8.42 Å². The van der Waals surface area contributed by atoms with Gasteiger partial charge in [-0.3, -0.25) is 0 Å². The van der Waals surface area contributed by atoms with Gasteiger partial charge < -0.3 is 5.73 Å². The zero-order valence-electron chi connectivity index (χ0n) is 8.90. The van der Waals surface area contributed by atoms with Crippen LogP contribution in [0.15, 0.2) is 14.1 Å². The molecule has 4 nitrogen and oxygen atoms in total. The molecule has 8 heteroatoms. The molecule has 0 aliphatic carbocycles. The van der Waals surface area contributed by atoms with Crippen LogP contribution in [-0.2, 0) is 10.0 Å². The first-order valence-electron chi connectivity index (χ1n) is 5.13. The van der Waals surface area contributed by atoms with E-state index in [0.29, 0.717) is 21.9 Å². The van der Waals surface area contributed by atoms with Gasteiger partial charge in [0.15, 0.2) is 0 Å². The Morgan fingerprint density at radius 1 is 1.65 bits per heavy atom. The minimum atomic E-state index is -3.44. The van der Waals surface area contributed by atoms with Crippen molar-refractivity contribution in [3.63, 3.8) is 0 Å². The lowest BCUT2D eigenvalue weighted by Crippen LogP contribution is -2.39. The van der Waals surface area contributed by atoms with E-state index in [-0.39, 0.29) is 10.3 Å². The Labute approximate surface area is 118 Å². The molecule has 1 aromatic rings. The molecule has 1 aliphatic rings. The summed E-state index contributed by atoms with van der Waals surface area (Å²) in [6.07, 6.45) is 1.69. The molecule has 17 heavy (non-hydrogen) atoms. The zero-order chi connectivity index (χ0) is 12.6. The molecule has 0 bridgehead atoms. The third-order valence-electron chi connectivity index (χ3n) is 2.78. The van der Waals surface area contributed by atoms with E-state index in [2.05, 4.69) is 15.9 Å². The number of nitrogens with two attached hydrogens (primary N) is 1. The highest BCUT2D eigenvalue weighted by atomic mass is 79.9. The van der Waals surface area contributed by atoms with Crippen molar-refractivity contribution in [2.75, 3.05) is 13.1 Å². The summed E-state index contributed by atoms with van der Waals surface area (Å²) in [5.41, 5.74) is 5.60. The van der Waals surface area contributed by atoms with Gasteiger partial charge in [0.2, 0.25) is 0 Å². The van der Waals surface area contributed by atoms with Crippen LogP contribution >= 0.6 is 38.9 Å². The average molecular weight is 360 g/mol. The molecule has 2 heterocycles. The van der Waals surface area contributed by atoms with Crippen LogP contribution in [0.1, 0.15) is 12.8 Å². The Balaban J connectivity index is 2.36. The lowest BCUT2D eigenvalue weighted by molar-refractivity contribution is 0.394. The molecule has 1 fully saturated rings. The molecule has 0 saturated carbocycles. The second kappa shape index (κ2) is 5.14. The summed E-state index contributed by atoms with van der Waals surface area (Å²) >= 11 is 10.2. The van der Waals surface area contributed by atoms with Gasteiger partial charge in [0.05, 0.1) is 8.81 Å². The summed E-state index contributed by atoms with van der Waals surface area (Å²) < 4.78 is 27.1. The lowest BCUT2D eigenvalue weighted by atomic mass is 10.2. The molecule has 1 aromatic heterocycles. The van der Waals surface area contributed by atoms with Crippen LogP contribution in [0.5, 0.6) is 0 Å². The molecule has 2 N–H and O–H groups in total. The Hall–Kier alpha value is 0.340. The molecule has 1 unspecified atom stereocenters. The van der Waals surface area contributed by atoms with E-state index in [4.69, 9.17) is 17.3 Å². The summed E-state index contributed by atoms with van der Waals surface area (Å²) in [6.45, 7) is 0.900.